The largest absolute Gasteiger partial charge is 0.491 e. The van der Waals surface area contributed by atoms with Gasteiger partial charge in [0.25, 0.3) is 5.56 Å². The van der Waals surface area contributed by atoms with Crippen LogP contribution in [0.1, 0.15) is 21.7 Å². The van der Waals surface area contributed by atoms with Crippen molar-refractivity contribution in [3.05, 3.63) is 82.3 Å². The predicted molar refractivity (Wildman–Crippen MR) is 163 cm³/mol. The van der Waals surface area contributed by atoms with Gasteiger partial charge in [-0.2, -0.15) is 13.2 Å². The van der Waals surface area contributed by atoms with E-state index in [1.807, 2.05) is 0 Å². The third kappa shape index (κ3) is 5.56. The van der Waals surface area contributed by atoms with E-state index >= 15 is 0 Å². The summed E-state index contributed by atoms with van der Waals surface area (Å²) in [4.78, 5) is 34.2. The second kappa shape index (κ2) is 11.5. The second-order valence-corrected chi connectivity index (χ2v) is 11.9. The highest BCUT2D eigenvalue weighted by Gasteiger charge is 2.35. The fourth-order valence-corrected chi connectivity index (χ4v) is 6.89. The van der Waals surface area contributed by atoms with Crippen molar-refractivity contribution in [2.45, 2.75) is 19.6 Å². The third-order valence-electron chi connectivity index (χ3n) is 6.29. The number of hydrogen-bond acceptors (Lipinski definition) is 7. The number of halogens is 6. The lowest BCUT2D eigenvalue weighted by Gasteiger charge is -2.17. The number of benzene rings is 2. The summed E-state index contributed by atoms with van der Waals surface area (Å²) in [6, 6.07) is 7.77. The van der Waals surface area contributed by atoms with E-state index in [0.29, 0.717) is 27.4 Å². The molecule has 0 N–H and O–H groups in total. The molecule has 0 bridgehead atoms. The van der Waals surface area contributed by atoms with Crippen molar-refractivity contribution in [3.8, 4) is 16.9 Å². The topological polar surface area (TPSA) is 83.3 Å². The number of pyridine rings is 1. The molecule has 0 aliphatic heterocycles. The van der Waals surface area contributed by atoms with Crippen LogP contribution in [0.3, 0.4) is 0 Å². The highest BCUT2D eigenvalue weighted by Crippen LogP contribution is 2.40. The highest BCUT2D eigenvalue weighted by molar-refractivity contribution is 14.1. The summed E-state index contributed by atoms with van der Waals surface area (Å²) in [7, 11) is 1.30. The smallest absolute Gasteiger partial charge is 0.417 e. The summed E-state index contributed by atoms with van der Waals surface area (Å²) < 4.78 is 53.5. The van der Waals surface area contributed by atoms with Gasteiger partial charge in [-0.3, -0.25) is 14.3 Å². The average molecular weight is 779 g/mol. The molecule has 2 aromatic carbocycles. The van der Waals surface area contributed by atoms with Gasteiger partial charge in [0.1, 0.15) is 18.2 Å². The lowest BCUT2D eigenvalue weighted by atomic mass is 10.0. The molecule has 0 amide bonds. The van der Waals surface area contributed by atoms with Crippen LogP contribution in [-0.4, -0.2) is 34.2 Å². The predicted octanol–water partition coefficient (Wildman–Crippen LogP) is 7.89. The fraction of sp³-hybridized carbons (Fsp3) is 0.185. The number of aromatic nitrogens is 3. The minimum atomic E-state index is -4.59. The van der Waals surface area contributed by atoms with Crippen molar-refractivity contribution < 1.29 is 27.4 Å². The molecule has 0 fully saturated rings. The Kier molecular flexibility index (Phi) is 8.34. The number of nitrogens with zero attached hydrogens (tertiary/aromatic N) is 3. The molecule has 0 spiro atoms. The van der Waals surface area contributed by atoms with Crippen molar-refractivity contribution >= 4 is 88.5 Å². The normalized spacial score (nSPS) is 11.8. The molecule has 3 heterocycles. The number of rotatable bonds is 6. The SMILES string of the molecule is COC(=O)c1csc2c(-c3cc(Cl)ccc3OCCn3c(C)nc4cc(C(F)(F)F)c(I)c(Br)c4c3=O)ccnc12. The number of thiophene rings is 1. The lowest BCUT2D eigenvalue weighted by molar-refractivity contribution is -0.138. The number of carbonyl (C=O) groups excluding carboxylic acids is 1. The Balaban J connectivity index is 1.48. The van der Waals surface area contributed by atoms with Crippen molar-refractivity contribution in [1.82, 2.24) is 14.5 Å². The van der Waals surface area contributed by atoms with E-state index in [4.69, 9.17) is 21.1 Å². The summed E-state index contributed by atoms with van der Waals surface area (Å²) in [5, 5.41) is 2.20. The Morgan fingerprint density at radius 1 is 1.22 bits per heavy atom. The molecule has 0 saturated carbocycles. The van der Waals surface area contributed by atoms with E-state index in [9.17, 15) is 22.8 Å². The van der Waals surface area contributed by atoms with Crippen LogP contribution in [0, 0.1) is 10.5 Å². The number of esters is 1. The van der Waals surface area contributed by atoms with E-state index in [0.717, 1.165) is 16.3 Å². The van der Waals surface area contributed by atoms with E-state index in [1.54, 1.807) is 65.4 Å². The quantitative estimate of drug-likeness (QED) is 0.129. The number of hydrogen-bond donors (Lipinski definition) is 0. The van der Waals surface area contributed by atoms with Crippen LogP contribution in [0.5, 0.6) is 5.75 Å². The molecule has 14 heteroatoms. The van der Waals surface area contributed by atoms with Gasteiger partial charge in [-0.15, -0.1) is 11.3 Å². The Bertz CT molecular complexity index is 1910. The molecule has 0 aliphatic carbocycles. The minimum Gasteiger partial charge on any atom is -0.491 e. The lowest BCUT2D eigenvalue weighted by Crippen LogP contribution is -2.27. The number of methoxy groups -OCH3 is 1. The van der Waals surface area contributed by atoms with Gasteiger partial charge < -0.3 is 9.47 Å². The van der Waals surface area contributed by atoms with Crippen LogP contribution in [-0.2, 0) is 17.5 Å². The number of aryl methyl sites for hydroxylation is 1. The van der Waals surface area contributed by atoms with Gasteiger partial charge in [-0.25, -0.2) is 9.78 Å². The first-order valence-electron chi connectivity index (χ1n) is 11.8. The van der Waals surface area contributed by atoms with Crippen molar-refractivity contribution in [2.24, 2.45) is 0 Å². The number of carbonyl (C=O) groups is 1. The Hall–Kier alpha value is -2.75. The highest BCUT2D eigenvalue weighted by atomic mass is 127. The van der Waals surface area contributed by atoms with E-state index < -0.39 is 23.3 Å². The molecular weight excluding hydrogens is 762 g/mol. The summed E-state index contributed by atoms with van der Waals surface area (Å²) >= 11 is 12.4. The summed E-state index contributed by atoms with van der Waals surface area (Å²) in [6.45, 7) is 1.68. The maximum Gasteiger partial charge on any atom is 0.417 e. The van der Waals surface area contributed by atoms with Gasteiger partial charge in [0.05, 0.1) is 45.9 Å². The second-order valence-electron chi connectivity index (χ2n) is 8.73. The van der Waals surface area contributed by atoms with Crippen LogP contribution < -0.4 is 10.3 Å². The standard InChI is InChI=1S/C27H17BrClF3IN3O4S/c1-12-35-18-10-17(27(30,31)32)22(33)21(28)20(18)25(37)36(12)7-8-40-19-4-3-13(29)9-15(19)14-5-6-34-23-16(26(38)39-2)11-41-24(14)23/h3-6,9-11H,7-8H2,1-2H3. The van der Waals surface area contributed by atoms with E-state index in [2.05, 4.69) is 25.9 Å². The van der Waals surface area contributed by atoms with Crippen molar-refractivity contribution in [1.29, 1.82) is 0 Å². The molecule has 41 heavy (non-hydrogen) atoms. The molecule has 3 aromatic heterocycles. The molecule has 5 aromatic rings. The first-order valence-corrected chi connectivity index (χ1v) is 14.9. The van der Waals surface area contributed by atoms with Crippen LogP contribution in [0.4, 0.5) is 13.2 Å². The molecule has 0 aliphatic rings. The summed E-state index contributed by atoms with van der Waals surface area (Å²) in [6.07, 6.45) is -3.01. The molecule has 0 radical (unpaired) electrons. The van der Waals surface area contributed by atoms with Gasteiger partial charge in [0.2, 0.25) is 0 Å². The van der Waals surface area contributed by atoms with Crippen molar-refractivity contribution in [3.63, 3.8) is 0 Å². The van der Waals surface area contributed by atoms with E-state index in [-0.39, 0.29) is 37.9 Å². The zero-order chi connectivity index (χ0) is 29.6. The molecule has 0 atom stereocenters. The van der Waals surface area contributed by atoms with Gasteiger partial charge >= 0.3 is 12.1 Å². The monoisotopic (exact) mass is 777 g/mol. The van der Waals surface area contributed by atoms with E-state index in [1.165, 1.54) is 23.0 Å². The number of fused-ring (bicyclic) bond motifs is 2. The van der Waals surface area contributed by atoms with Gasteiger partial charge in [-0.1, -0.05) is 11.6 Å². The van der Waals surface area contributed by atoms with Crippen LogP contribution in [0.2, 0.25) is 5.02 Å². The Morgan fingerprint density at radius 3 is 2.68 bits per heavy atom. The zero-order valence-corrected chi connectivity index (χ0v) is 26.4. The van der Waals surface area contributed by atoms with Crippen LogP contribution >= 0.6 is 61.5 Å². The Labute approximate surface area is 261 Å². The summed E-state index contributed by atoms with van der Waals surface area (Å²) in [5.74, 6) is 0.220. The molecular formula is C27H17BrClF3IN3O4S. The average Bonchev–Trinajstić information content (AvgIpc) is 3.36. The maximum atomic E-state index is 13.5. The molecule has 0 unspecified atom stereocenters. The first kappa shape index (κ1) is 29.7. The van der Waals surface area contributed by atoms with Crippen LogP contribution in [0.15, 0.2) is 51.2 Å². The van der Waals surface area contributed by atoms with Gasteiger partial charge in [-0.05, 0) is 75.8 Å². The molecule has 212 valence electrons. The maximum absolute atomic E-state index is 13.5. The summed E-state index contributed by atoms with van der Waals surface area (Å²) in [5.41, 5.74) is 0.830. The number of alkyl halides is 3. The van der Waals surface area contributed by atoms with Crippen LogP contribution in [0.25, 0.3) is 32.2 Å². The number of ether oxygens (including phenoxy) is 2. The fourth-order valence-electron chi connectivity index (χ4n) is 4.38. The van der Waals surface area contributed by atoms with Crippen molar-refractivity contribution in [2.75, 3.05) is 13.7 Å². The molecule has 7 nitrogen and oxygen atoms in total. The molecule has 5 rings (SSSR count). The third-order valence-corrected chi connectivity index (χ3v) is 10.2. The Morgan fingerprint density at radius 2 is 1.98 bits per heavy atom. The van der Waals surface area contributed by atoms with Gasteiger partial charge in [0, 0.05) is 35.8 Å². The molecule has 0 saturated heterocycles. The minimum absolute atomic E-state index is 0.0408. The zero-order valence-electron chi connectivity index (χ0n) is 21.1. The first-order chi connectivity index (χ1) is 19.4. The van der Waals surface area contributed by atoms with Gasteiger partial charge in [0.15, 0.2) is 0 Å².